The molecular formula is C12H12N2O6. The zero-order chi connectivity index (χ0) is 14.8. The molecule has 0 saturated carbocycles. The number of nitro benzene ring substituents is 1. The van der Waals surface area contributed by atoms with Crippen molar-refractivity contribution in [2.75, 3.05) is 13.2 Å². The van der Waals surface area contributed by atoms with Gasteiger partial charge in [-0.25, -0.2) is 4.79 Å². The van der Waals surface area contributed by atoms with E-state index in [1.807, 2.05) is 0 Å². The lowest BCUT2D eigenvalue weighted by Crippen LogP contribution is -2.55. The second kappa shape index (κ2) is 5.25. The molecule has 8 heteroatoms. The first-order valence-electron chi connectivity index (χ1n) is 5.83. The molecule has 1 saturated heterocycles. The number of nitrogens with zero attached hydrogens (tertiary/aromatic N) is 1. The molecule has 0 bridgehead atoms. The highest BCUT2D eigenvalue weighted by molar-refractivity contribution is 5.98. The summed E-state index contributed by atoms with van der Waals surface area (Å²) in [5.41, 5.74) is -1.42. The number of aliphatic carboxylic acids is 1. The summed E-state index contributed by atoms with van der Waals surface area (Å²) in [7, 11) is 0. The van der Waals surface area contributed by atoms with Crippen LogP contribution in [0.25, 0.3) is 0 Å². The Bertz CT molecular complexity index is 548. The van der Waals surface area contributed by atoms with Crippen LogP contribution in [0.1, 0.15) is 16.8 Å². The van der Waals surface area contributed by atoms with Gasteiger partial charge in [0.25, 0.3) is 11.6 Å². The summed E-state index contributed by atoms with van der Waals surface area (Å²) in [5.74, 6) is -1.77. The van der Waals surface area contributed by atoms with E-state index in [4.69, 9.17) is 4.74 Å². The summed E-state index contributed by atoms with van der Waals surface area (Å²) in [5, 5.41) is 22.1. The molecule has 1 aliphatic rings. The van der Waals surface area contributed by atoms with Crippen LogP contribution in [0, 0.1) is 10.1 Å². The zero-order valence-electron chi connectivity index (χ0n) is 10.4. The number of carbonyl (C=O) groups excluding carboxylic acids is 1. The fourth-order valence-corrected chi connectivity index (χ4v) is 1.91. The van der Waals surface area contributed by atoms with Crippen LogP contribution in [0.2, 0.25) is 0 Å². The first kappa shape index (κ1) is 13.9. The number of nitrogens with one attached hydrogen (secondary N) is 1. The molecule has 1 aliphatic heterocycles. The Kier molecular flexibility index (Phi) is 3.66. The van der Waals surface area contributed by atoms with Crippen molar-refractivity contribution in [3.8, 4) is 0 Å². The van der Waals surface area contributed by atoms with Gasteiger partial charge in [-0.3, -0.25) is 14.9 Å². The van der Waals surface area contributed by atoms with Crippen molar-refractivity contribution in [2.24, 2.45) is 0 Å². The number of carboxylic acids is 1. The molecule has 0 radical (unpaired) electrons. The van der Waals surface area contributed by atoms with Crippen molar-refractivity contribution in [3.63, 3.8) is 0 Å². The Morgan fingerprint density at radius 3 is 2.45 bits per heavy atom. The lowest BCUT2D eigenvalue weighted by Gasteiger charge is -2.23. The van der Waals surface area contributed by atoms with E-state index in [0.717, 1.165) is 0 Å². The molecule has 0 spiro atoms. The van der Waals surface area contributed by atoms with E-state index < -0.39 is 22.3 Å². The van der Waals surface area contributed by atoms with Crippen molar-refractivity contribution in [1.82, 2.24) is 5.32 Å². The molecule has 1 heterocycles. The molecule has 1 atom stereocenters. The molecule has 8 nitrogen and oxygen atoms in total. The van der Waals surface area contributed by atoms with Crippen LogP contribution < -0.4 is 5.32 Å². The van der Waals surface area contributed by atoms with Gasteiger partial charge in [0.15, 0.2) is 5.54 Å². The second-order valence-electron chi connectivity index (χ2n) is 4.45. The van der Waals surface area contributed by atoms with Gasteiger partial charge in [0, 0.05) is 30.7 Å². The van der Waals surface area contributed by atoms with E-state index in [-0.39, 0.29) is 30.9 Å². The minimum Gasteiger partial charge on any atom is -0.479 e. The van der Waals surface area contributed by atoms with Crippen molar-refractivity contribution in [2.45, 2.75) is 12.0 Å². The number of hydrogen-bond donors (Lipinski definition) is 2. The SMILES string of the molecule is O=C(NC1(C(=O)O)CCOC1)c1ccc([N+](=O)[O-])cc1. The quantitative estimate of drug-likeness (QED) is 0.614. The van der Waals surface area contributed by atoms with Crippen LogP contribution >= 0.6 is 0 Å². The van der Waals surface area contributed by atoms with Gasteiger partial charge < -0.3 is 15.2 Å². The van der Waals surface area contributed by atoms with Crippen LogP contribution in [-0.4, -0.2) is 40.7 Å². The number of carbonyl (C=O) groups is 2. The molecule has 2 N–H and O–H groups in total. The summed E-state index contributed by atoms with van der Waals surface area (Å²) < 4.78 is 5.02. The molecule has 1 aromatic rings. The maximum absolute atomic E-state index is 12.0. The van der Waals surface area contributed by atoms with Gasteiger partial charge in [-0.05, 0) is 12.1 Å². The standard InChI is InChI=1S/C12H12N2O6/c15-10(8-1-3-9(4-2-8)14(18)19)13-12(11(16)17)5-6-20-7-12/h1-4H,5-7H2,(H,13,15)(H,16,17). The zero-order valence-corrected chi connectivity index (χ0v) is 10.4. The van der Waals surface area contributed by atoms with Gasteiger partial charge in [0.05, 0.1) is 11.5 Å². The summed E-state index contributed by atoms with van der Waals surface area (Å²) >= 11 is 0. The van der Waals surface area contributed by atoms with E-state index >= 15 is 0 Å². The fourth-order valence-electron chi connectivity index (χ4n) is 1.91. The molecule has 2 rings (SSSR count). The topological polar surface area (TPSA) is 119 Å². The monoisotopic (exact) mass is 280 g/mol. The lowest BCUT2D eigenvalue weighted by molar-refractivity contribution is -0.384. The highest BCUT2D eigenvalue weighted by Gasteiger charge is 2.44. The molecule has 106 valence electrons. The van der Waals surface area contributed by atoms with Crippen molar-refractivity contribution < 1.29 is 24.4 Å². The number of non-ortho nitro benzene ring substituents is 1. The summed E-state index contributed by atoms with van der Waals surface area (Å²) in [6.45, 7) is 0.161. The number of hydrogen-bond acceptors (Lipinski definition) is 5. The first-order valence-corrected chi connectivity index (χ1v) is 5.83. The van der Waals surface area contributed by atoms with Gasteiger partial charge in [0.2, 0.25) is 0 Å². The minimum absolute atomic E-state index is 0.0962. The highest BCUT2D eigenvalue weighted by atomic mass is 16.6. The van der Waals surface area contributed by atoms with E-state index in [2.05, 4.69) is 5.32 Å². The van der Waals surface area contributed by atoms with Crippen LogP contribution in [-0.2, 0) is 9.53 Å². The molecule has 1 unspecified atom stereocenters. The van der Waals surface area contributed by atoms with E-state index in [1.54, 1.807) is 0 Å². The third kappa shape index (κ3) is 2.59. The Morgan fingerprint density at radius 2 is 2.00 bits per heavy atom. The van der Waals surface area contributed by atoms with Crippen LogP contribution in [0.3, 0.4) is 0 Å². The van der Waals surface area contributed by atoms with Gasteiger partial charge in [-0.2, -0.15) is 0 Å². The number of rotatable bonds is 4. The molecule has 0 aliphatic carbocycles. The third-order valence-electron chi connectivity index (χ3n) is 3.12. The Hall–Kier alpha value is -2.48. The summed E-state index contributed by atoms with van der Waals surface area (Å²) in [6, 6.07) is 4.93. The highest BCUT2D eigenvalue weighted by Crippen LogP contribution is 2.20. The summed E-state index contributed by atoms with van der Waals surface area (Å²) in [6.07, 6.45) is 0.182. The van der Waals surface area contributed by atoms with Gasteiger partial charge >= 0.3 is 5.97 Å². The van der Waals surface area contributed by atoms with Gasteiger partial charge in [-0.15, -0.1) is 0 Å². The second-order valence-corrected chi connectivity index (χ2v) is 4.45. The van der Waals surface area contributed by atoms with Gasteiger partial charge in [0.1, 0.15) is 0 Å². The van der Waals surface area contributed by atoms with Gasteiger partial charge in [-0.1, -0.05) is 0 Å². The Labute approximate surface area is 113 Å². The van der Waals surface area contributed by atoms with Crippen molar-refractivity contribution in [1.29, 1.82) is 0 Å². The molecular weight excluding hydrogens is 268 g/mol. The molecule has 1 aromatic carbocycles. The number of benzene rings is 1. The van der Waals surface area contributed by atoms with Crippen molar-refractivity contribution in [3.05, 3.63) is 39.9 Å². The largest absolute Gasteiger partial charge is 0.479 e. The van der Waals surface area contributed by atoms with E-state index in [0.29, 0.717) is 0 Å². The van der Waals surface area contributed by atoms with Crippen molar-refractivity contribution >= 4 is 17.6 Å². The number of nitro groups is 1. The average Bonchev–Trinajstić information content (AvgIpc) is 2.88. The van der Waals surface area contributed by atoms with Crippen LogP contribution in [0.15, 0.2) is 24.3 Å². The minimum atomic E-state index is -1.43. The average molecular weight is 280 g/mol. The molecule has 1 amide bonds. The first-order chi connectivity index (χ1) is 9.44. The molecule has 0 aromatic heterocycles. The smallest absolute Gasteiger partial charge is 0.331 e. The maximum Gasteiger partial charge on any atom is 0.331 e. The Morgan fingerprint density at radius 1 is 1.35 bits per heavy atom. The number of ether oxygens (including phenoxy) is 1. The number of carboxylic acid groups (broad SMARTS) is 1. The molecule has 20 heavy (non-hydrogen) atoms. The lowest BCUT2D eigenvalue weighted by atomic mass is 9.98. The van der Waals surface area contributed by atoms with E-state index in [9.17, 15) is 24.8 Å². The van der Waals surface area contributed by atoms with Crippen LogP contribution in [0.5, 0.6) is 0 Å². The predicted octanol–water partition coefficient (Wildman–Crippen LogP) is 0.568. The molecule has 1 fully saturated rings. The predicted molar refractivity (Wildman–Crippen MR) is 66.4 cm³/mol. The maximum atomic E-state index is 12.0. The number of amides is 1. The third-order valence-corrected chi connectivity index (χ3v) is 3.12. The van der Waals surface area contributed by atoms with E-state index in [1.165, 1.54) is 24.3 Å². The van der Waals surface area contributed by atoms with Crippen LogP contribution in [0.4, 0.5) is 5.69 Å². The summed E-state index contributed by atoms with van der Waals surface area (Å²) in [4.78, 5) is 33.2. The Balaban J connectivity index is 2.15. The normalized spacial score (nSPS) is 21.4. The fraction of sp³-hybridized carbons (Fsp3) is 0.333.